The summed E-state index contributed by atoms with van der Waals surface area (Å²) in [5.41, 5.74) is -0.842. The SMILES string of the molecule is CN1CC[C@H](F)[C@H]1COc1nc(N2C3CCC2CN(C(=O)OC(C)(C)C)C3)c2c3c(c(-c4ncc(F)c5sc(NC(=O)OC(C)(C)C)c(C#N)c45)c(F)c2n1)COC3. The number of nitriles is 1. The van der Waals surface area contributed by atoms with E-state index < -0.39 is 47.2 Å². The van der Waals surface area contributed by atoms with E-state index in [0.717, 1.165) is 30.4 Å². The van der Waals surface area contributed by atoms with Gasteiger partial charge in [-0.1, -0.05) is 0 Å². The van der Waals surface area contributed by atoms with Gasteiger partial charge in [-0.25, -0.2) is 22.8 Å². The molecule has 0 radical (unpaired) electrons. The number of benzene rings is 1. The number of carbonyl (C=O) groups excluding carboxylic acids is 2. The summed E-state index contributed by atoms with van der Waals surface area (Å²) in [5.74, 6) is -1.20. The lowest BCUT2D eigenvalue weighted by Gasteiger charge is -2.42. The Morgan fingerprint density at radius 2 is 1.71 bits per heavy atom. The molecule has 58 heavy (non-hydrogen) atoms. The first kappa shape index (κ1) is 39.8. The number of hydrogen-bond acceptors (Lipinski definition) is 13. The van der Waals surface area contributed by atoms with Crippen LogP contribution in [0, 0.1) is 23.0 Å². The van der Waals surface area contributed by atoms with E-state index in [9.17, 15) is 19.2 Å². The van der Waals surface area contributed by atoms with Crippen LogP contribution in [0.15, 0.2) is 6.20 Å². The van der Waals surface area contributed by atoms with E-state index in [-0.39, 0.29) is 75.3 Å². The lowest BCUT2D eigenvalue weighted by molar-refractivity contribution is 0.0209. The largest absolute Gasteiger partial charge is 0.462 e. The number of pyridine rings is 1. The maximum absolute atomic E-state index is 17.7. The van der Waals surface area contributed by atoms with Crippen LogP contribution < -0.4 is 15.0 Å². The Labute approximate surface area is 337 Å². The molecule has 2 amide bonds. The van der Waals surface area contributed by atoms with Crippen LogP contribution in [0.1, 0.15) is 77.5 Å². The number of amides is 2. The lowest BCUT2D eigenvalue weighted by Crippen LogP contribution is -2.56. The highest BCUT2D eigenvalue weighted by molar-refractivity contribution is 7.23. The van der Waals surface area contributed by atoms with Gasteiger partial charge >= 0.3 is 18.2 Å². The zero-order chi connectivity index (χ0) is 41.4. The summed E-state index contributed by atoms with van der Waals surface area (Å²) in [6.07, 6.45) is 0.363. The Morgan fingerprint density at radius 3 is 2.34 bits per heavy atom. The van der Waals surface area contributed by atoms with Gasteiger partial charge in [-0.05, 0) is 79.0 Å². The van der Waals surface area contributed by atoms with Crippen molar-refractivity contribution in [3.63, 3.8) is 0 Å². The molecule has 2 unspecified atom stereocenters. The number of fused-ring (bicyclic) bond motifs is 6. The highest BCUT2D eigenvalue weighted by atomic mass is 32.1. The van der Waals surface area contributed by atoms with Gasteiger partial charge in [0.15, 0.2) is 11.6 Å². The summed E-state index contributed by atoms with van der Waals surface area (Å²) in [4.78, 5) is 45.6. The first-order valence-corrected chi connectivity index (χ1v) is 20.1. The molecule has 4 aliphatic heterocycles. The Hall–Kier alpha value is -4.99. The summed E-state index contributed by atoms with van der Waals surface area (Å²) in [7, 11) is 1.81. The van der Waals surface area contributed by atoms with Gasteiger partial charge in [0.2, 0.25) is 0 Å². The second kappa shape index (κ2) is 14.7. The van der Waals surface area contributed by atoms with E-state index in [1.807, 2.05) is 32.7 Å². The standard InChI is InChI=1S/C40H45F3N8O6S/c1-39(2,3)56-37(52)48-35-21(12-44)28-31(45-13-25(42)33(28)58-35)27-22-16-54-17-23(22)29-32(30(27)43)46-36(55-18-26-24(41)10-11-49(26)7)47-34(29)51-19-8-9-20(51)15-50(14-19)38(53)57-40(4,5)6/h13,19-20,24,26H,8-11,14-18H2,1-7H3,(H,48,52)/t19?,20?,24-,26+/m0/s1. The average Bonchev–Trinajstić information content (AvgIpc) is 3.90. The first-order chi connectivity index (χ1) is 27.4. The van der Waals surface area contributed by atoms with Crippen molar-refractivity contribution in [1.29, 1.82) is 5.26 Å². The highest BCUT2D eigenvalue weighted by Crippen LogP contribution is 2.48. The van der Waals surface area contributed by atoms with Crippen LogP contribution in [-0.4, -0.2) is 106 Å². The third-order valence-electron chi connectivity index (χ3n) is 10.9. The number of aromatic nitrogens is 3. The fourth-order valence-corrected chi connectivity index (χ4v) is 9.46. The van der Waals surface area contributed by atoms with Crippen LogP contribution in [0.25, 0.3) is 32.2 Å². The van der Waals surface area contributed by atoms with Crippen molar-refractivity contribution >= 4 is 55.3 Å². The minimum absolute atomic E-state index is 0.00577. The molecule has 308 valence electrons. The Kier molecular flexibility index (Phi) is 10.1. The number of thiophene rings is 1. The fraction of sp³-hybridized carbons (Fsp3) is 0.550. The predicted octanol–water partition coefficient (Wildman–Crippen LogP) is 7.44. The van der Waals surface area contributed by atoms with Crippen molar-refractivity contribution in [2.24, 2.45) is 0 Å². The van der Waals surface area contributed by atoms with Crippen molar-refractivity contribution in [2.45, 2.75) is 110 Å². The molecule has 1 N–H and O–H groups in total. The number of carbonyl (C=O) groups is 2. The topological polar surface area (TPSA) is 155 Å². The monoisotopic (exact) mass is 822 g/mol. The number of nitrogens with zero attached hydrogens (tertiary/aromatic N) is 7. The van der Waals surface area contributed by atoms with E-state index in [1.165, 1.54) is 0 Å². The fourth-order valence-electron chi connectivity index (χ4n) is 8.42. The molecule has 2 bridgehead atoms. The molecular weight excluding hydrogens is 778 g/mol. The Morgan fingerprint density at radius 1 is 1.02 bits per heavy atom. The number of piperazine rings is 1. The summed E-state index contributed by atoms with van der Waals surface area (Å²) >= 11 is 0.809. The van der Waals surface area contributed by atoms with Gasteiger partial charge in [0, 0.05) is 42.7 Å². The normalized spacial score (nSPS) is 22.1. The number of anilines is 2. The molecule has 3 aromatic heterocycles. The molecule has 8 rings (SSSR count). The second-order valence-corrected chi connectivity index (χ2v) is 18.3. The molecule has 0 saturated carbocycles. The summed E-state index contributed by atoms with van der Waals surface area (Å²) < 4.78 is 71.4. The van der Waals surface area contributed by atoms with Crippen molar-refractivity contribution in [1.82, 2.24) is 24.8 Å². The molecule has 4 aliphatic rings. The third-order valence-corrected chi connectivity index (χ3v) is 12.0. The van der Waals surface area contributed by atoms with Crippen LogP contribution in [0.5, 0.6) is 6.01 Å². The molecule has 14 nitrogen and oxygen atoms in total. The van der Waals surface area contributed by atoms with Gasteiger partial charge in [-0.2, -0.15) is 15.2 Å². The van der Waals surface area contributed by atoms with Crippen molar-refractivity contribution in [3.8, 4) is 23.3 Å². The minimum atomic E-state index is -1.13. The van der Waals surface area contributed by atoms with Gasteiger partial charge in [-0.15, -0.1) is 11.3 Å². The molecule has 18 heteroatoms. The Balaban J connectivity index is 1.29. The molecule has 0 aliphatic carbocycles. The maximum Gasteiger partial charge on any atom is 0.412 e. The van der Waals surface area contributed by atoms with E-state index in [2.05, 4.69) is 26.3 Å². The number of halogens is 3. The average molecular weight is 823 g/mol. The number of rotatable bonds is 6. The number of hydrogen-bond donors (Lipinski definition) is 1. The summed E-state index contributed by atoms with van der Waals surface area (Å²) in [5, 5.41) is 13.4. The van der Waals surface area contributed by atoms with Crippen LogP contribution in [0.4, 0.5) is 33.6 Å². The van der Waals surface area contributed by atoms with E-state index in [1.54, 1.807) is 25.7 Å². The van der Waals surface area contributed by atoms with Crippen molar-refractivity contribution < 1.29 is 41.7 Å². The molecule has 0 spiro atoms. The molecule has 7 heterocycles. The smallest absolute Gasteiger partial charge is 0.412 e. The Bertz CT molecular complexity index is 2350. The zero-order valence-corrected chi connectivity index (χ0v) is 34.2. The molecule has 4 aromatic rings. The van der Waals surface area contributed by atoms with Gasteiger partial charge in [0.05, 0.1) is 46.8 Å². The third kappa shape index (κ3) is 7.21. The van der Waals surface area contributed by atoms with Gasteiger partial charge in [0.1, 0.15) is 46.4 Å². The van der Waals surface area contributed by atoms with Crippen LogP contribution in [0.2, 0.25) is 0 Å². The van der Waals surface area contributed by atoms with Gasteiger partial charge in [-0.3, -0.25) is 15.2 Å². The number of alkyl halides is 1. The molecule has 3 saturated heterocycles. The van der Waals surface area contributed by atoms with Crippen LogP contribution >= 0.6 is 11.3 Å². The van der Waals surface area contributed by atoms with Gasteiger partial charge in [0.25, 0.3) is 0 Å². The zero-order valence-electron chi connectivity index (χ0n) is 33.4. The second-order valence-electron chi connectivity index (χ2n) is 17.2. The number of likely N-dealkylation sites (tertiary alicyclic amines) is 2. The van der Waals surface area contributed by atoms with E-state index >= 15 is 8.78 Å². The molecule has 1 aromatic carbocycles. The summed E-state index contributed by atoms with van der Waals surface area (Å²) in [6.45, 7) is 11.7. The minimum Gasteiger partial charge on any atom is -0.462 e. The maximum atomic E-state index is 17.7. The number of ether oxygens (including phenoxy) is 4. The predicted molar refractivity (Wildman–Crippen MR) is 210 cm³/mol. The van der Waals surface area contributed by atoms with Crippen molar-refractivity contribution in [3.05, 3.63) is 34.5 Å². The highest BCUT2D eigenvalue weighted by Gasteiger charge is 2.45. The van der Waals surface area contributed by atoms with Gasteiger partial charge < -0.3 is 28.7 Å². The van der Waals surface area contributed by atoms with Crippen molar-refractivity contribution in [2.75, 3.05) is 43.5 Å². The first-order valence-electron chi connectivity index (χ1n) is 19.3. The van der Waals surface area contributed by atoms with E-state index in [4.69, 9.17) is 23.9 Å². The lowest BCUT2D eigenvalue weighted by atomic mass is 9.93. The molecule has 3 fully saturated rings. The van der Waals surface area contributed by atoms with E-state index in [0.29, 0.717) is 48.4 Å². The molecular formula is C40H45F3N8O6S. The van der Waals surface area contributed by atoms with Crippen LogP contribution in [0.3, 0.4) is 0 Å². The summed E-state index contributed by atoms with van der Waals surface area (Å²) in [6, 6.07) is 0.927. The number of likely N-dealkylation sites (N-methyl/N-ethyl adjacent to an activating group) is 1. The number of nitrogens with one attached hydrogen (secondary N) is 1. The quantitative estimate of drug-likeness (QED) is 0.206. The molecule has 4 atom stereocenters. The van der Waals surface area contributed by atoms with Crippen LogP contribution in [-0.2, 0) is 27.4 Å².